The summed E-state index contributed by atoms with van der Waals surface area (Å²) in [4.78, 5) is 2.41. The molecule has 4 heterocycles. The fourth-order valence-corrected chi connectivity index (χ4v) is 3.09. The smallest absolute Gasteiger partial charge is 0.283 e. The second kappa shape index (κ2) is 6.37. The van der Waals surface area contributed by atoms with Gasteiger partial charge in [-0.2, -0.15) is 5.10 Å². The molecule has 0 spiro atoms. The minimum Gasteiger partial charge on any atom is -0.459 e. The quantitative estimate of drug-likeness (QED) is 0.721. The summed E-state index contributed by atoms with van der Waals surface area (Å²) in [7, 11) is 0. The van der Waals surface area contributed by atoms with E-state index in [0.29, 0.717) is 30.1 Å². The minimum atomic E-state index is 0.436. The molecular formula is C16H19N5O2. The molecule has 0 saturated carbocycles. The maximum absolute atomic E-state index is 5.73. The zero-order valence-electron chi connectivity index (χ0n) is 12.8. The van der Waals surface area contributed by atoms with E-state index < -0.39 is 0 Å². The number of aromatic nitrogens is 4. The summed E-state index contributed by atoms with van der Waals surface area (Å²) in [6, 6.07) is 6.03. The highest BCUT2D eigenvalue weighted by Gasteiger charge is 2.25. The SMILES string of the molecule is c1coc(-c2nnc(CN3CCCCC3Cn3cccn3)o2)c1. The topological polar surface area (TPSA) is 73.1 Å². The van der Waals surface area contributed by atoms with Gasteiger partial charge in [-0.3, -0.25) is 9.58 Å². The lowest BCUT2D eigenvalue weighted by atomic mass is 10.0. The van der Waals surface area contributed by atoms with Crippen molar-refractivity contribution in [2.75, 3.05) is 6.54 Å². The Morgan fingerprint density at radius 2 is 2.22 bits per heavy atom. The molecule has 3 aromatic rings. The maximum Gasteiger partial charge on any atom is 0.283 e. The number of rotatable bonds is 5. The monoisotopic (exact) mass is 313 g/mol. The molecule has 7 heteroatoms. The van der Waals surface area contributed by atoms with Gasteiger partial charge in [-0.05, 0) is 37.6 Å². The lowest BCUT2D eigenvalue weighted by Crippen LogP contribution is -2.41. The summed E-state index contributed by atoms with van der Waals surface area (Å²) in [5.74, 6) is 1.67. The number of likely N-dealkylation sites (tertiary alicyclic amines) is 1. The molecule has 1 saturated heterocycles. The highest BCUT2D eigenvalue weighted by molar-refractivity contribution is 5.42. The van der Waals surface area contributed by atoms with Crippen molar-refractivity contribution in [2.45, 2.75) is 38.4 Å². The van der Waals surface area contributed by atoms with Gasteiger partial charge in [0, 0.05) is 18.4 Å². The van der Waals surface area contributed by atoms with Gasteiger partial charge >= 0.3 is 0 Å². The van der Waals surface area contributed by atoms with Crippen LogP contribution in [0, 0.1) is 0 Å². The van der Waals surface area contributed by atoms with Gasteiger partial charge in [-0.15, -0.1) is 10.2 Å². The summed E-state index contributed by atoms with van der Waals surface area (Å²) in [5, 5.41) is 12.5. The van der Waals surface area contributed by atoms with Crippen LogP contribution in [0.25, 0.3) is 11.7 Å². The van der Waals surface area contributed by atoms with E-state index in [9.17, 15) is 0 Å². The van der Waals surface area contributed by atoms with E-state index >= 15 is 0 Å². The molecule has 0 aromatic carbocycles. The molecule has 1 aliphatic heterocycles. The molecule has 1 fully saturated rings. The average Bonchev–Trinajstić information content (AvgIpc) is 3.31. The zero-order valence-corrected chi connectivity index (χ0v) is 12.8. The van der Waals surface area contributed by atoms with Crippen LogP contribution in [0.2, 0.25) is 0 Å². The van der Waals surface area contributed by atoms with Crippen LogP contribution in [-0.2, 0) is 13.1 Å². The normalized spacial score (nSPS) is 19.2. The van der Waals surface area contributed by atoms with Crippen LogP contribution in [0.15, 0.2) is 45.7 Å². The first-order valence-electron chi connectivity index (χ1n) is 7.96. The van der Waals surface area contributed by atoms with E-state index in [1.54, 1.807) is 6.26 Å². The molecule has 120 valence electrons. The molecule has 1 aliphatic rings. The molecule has 4 rings (SSSR count). The molecule has 0 radical (unpaired) electrons. The average molecular weight is 313 g/mol. The van der Waals surface area contributed by atoms with Crippen molar-refractivity contribution >= 4 is 0 Å². The lowest BCUT2D eigenvalue weighted by molar-refractivity contribution is 0.111. The maximum atomic E-state index is 5.73. The van der Waals surface area contributed by atoms with E-state index in [4.69, 9.17) is 8.83 Å². The number of hydrogen-bond acceptors (Lipinski definition) is 6. The molecule has 0 aliphatic carbocycles. The van der Waals surface area contributed by atoms with Gasteiger partial charge in [0.05, 0.1) is 19.4 Å². The van der Waals surface area contributed by atoms with Gasteiger partial charge < -0.3 is 8.83 Å². The Kier molecular flexibility index (Phi) is 3.94. The number of nitrogens with zero attached hydrogens (tertiary/aromatic N) is 5. The van der Waals surface area contributed by atoms with E-state index in [-0.39, 0.29) is 0 Å². The molecular weight excluding hydrogens is 294 g/mol. The van der Waals surface area contributed by atoms with Crippen molar-refractivity contribution < 1.29 is 8.83 Å². The Morgan fingerprint density at radius 3 is 3.04 bits per heavy atom. The molecule has 1 atom stereocenters. The first-order valence-corrected chi connectivity index (χ1v) is 7.96. The Bertz CT molecular complexity index is 720. The third kappa shape index (κ3) is 3.19. The lowest BCUT2D eigenvalue weighted by Gasteiger charge is -2.34. The highest BCUT2D eigenvalue weighted by Crippen LogP contribution is 2.23. The van der Waals surface area contributed by atoms with Gasteiger partial charge in [0.15, 0.2) is 5.76 Å². The van der Waals surface area contributed by atoms with Crippen LogP contribution >= 0.6 is 0 Å². The van der Waals surface area contributed by atoms with Crippen molar-refractivity contribution in [3.63, 3.8) is 0 Å². The predicted molar refractivity (Wildman–Crippen MR) is 82.3 cm³/mol. The number of piperidine rings is 1. The molecule has 23 heavy (non-hydrogen) atoms. The fraction of sp³-hybridized carbons (Fsp3) is 0.438. The Labute approximate surface area is 133 Å². The van der Waals surface area contributed by atoms with Crippen molar-refractivity contribution in [1.82, 2.24) is 24.9 Å². The molecule has 1 unspecified atom stereocenters. The summed E-state index contributed by atoms with van der Waals surface area (Å²) in [6.07, 6.45) is 9.05. The van der Waals surface area contributed by atoms with Crippen LogP contribution in [0.5, 0.6) is 0 Å². The second-order valence-electron chi connectivity index (χ2n) is 5.83. The third-order valence-corrected chi connectivity index (χ3v) is 4.24. The van der Waals surface area contributed by atoms with Crippen LogP contribution in [0.3, 0.4) is 0 Å². The first-order chi connectivity index (χ1) is 11.4. The van der Waals surface area contributed by atoms with Crippen LogP contribution in [0.1, 0.15) is 25.2 Å². The summed E-state index contributed by atoms with van der Waals surface area (Å²) < 4.78 is 13.0. The summed E-state index contributed by atoms with van der Waals surface area (Å²) in [5.41, 5.74) is 0. The molecule has 0 N–H and O–H groups in total. The van der Waals surface area contributed by atoms with E-state index in [2.05, 4.69) is 20.2 Å². The second-order valence-corrected chi connectivity index (χ2v) is 5.83. The predicted octanol–water partition coefficient (Wildman–Crippen LogP) is 2.58. The van der Waals surface area contributed by atoms with E-state index in [0.717, 1.165) is 13.1 Å². The van der Waals surface area contributed by atoms with Crippen LogP contribution in [-0.4, -0.2) is 37.5 Å². The molecule has 0 bridgehead atoms. The molecule has 0 amide bonds. The molecule has 7 nitrogen and oxygen atoms in total. The van der Waals surface area contributed by atoms with Crippen molar-refractivity contribution in [2.24, 2.45) is 0 Å². The van der Waals surface area contributed by atoms with Gasteiger partial charge in [0.2, 0.25) is 5.89 Å². The number of hydrogen-bond donors (Lipinski definition) is 0. The summed E-state index contributed by atoms with van der Waals surface area (Å²) >= 11 is 0. The Morgan fingerprint density at radius 1 is 1.22 bits per heavy atom. The minimum absolute atomic E-state index is 0.436. The van der Waals surface area contributed by atoms with Gasteiger partial charge in [0.25, 0.3) is 5.89 Å². The Hall–Kier alpha value is -2.41. The van der Waals surface area contributed by atoms with E-state index in [1.165, 1.54) is 19.3 Å². The van der Waals surface area contributed by atoms with Gasteiger partial charge in [-0.25, -0.2) is 0 Å². The largest absolute Gasteiger partial charge is 0.459 e. The van der Waals surface area contributed by atoms with Crippen molar-refractivity contribution in [3.05, 3.63) is 42.7 Å². The zero-order chi connectivity index (χ0) is 15.5. The van der Waals surface area contributed by atoms with Crippen LogP contribution < -0.4 is 0 Å². The fourth-order valence-electron chi connectivity index (χ4n) is 3.09. The van der Waals surface area contributed by atoms with Gasteiger partial charge in [-0.1, -0.05) is 6.42 Å². The Balaban J connectivity index is 1.45. The standard InChI is InChI=1S/C16H19N5O2/c1-2-8-20(13(5-1)11-21-9-4-7-17-21)12-15-18-19-16(23-15)14-6-3-10-22-14/h3-4,6-7,9-10,13H,1-2,5,8,11-12H2. The molecule has 3 aromatic heterocycles. The van der Waals surface area contributed by atoms with Crippen molar-refractivity contribution in [3.8, 4) is 11.7 Å². The van der Waals surface area contributed by atoms with Gasteiger partial charge in [0.1, 0.15) is 0 Å². The third-order valence-electron chi connectivity index (χ3n) is 4.24. The first kappa shape index (κ1) is 14.2. The van der Waals surface area contributed by atoms with Crippen molar-refractivity contribution in [1.29, 1.82) is 0 Å². The van der Waals surface area contributed by atoms with Crippen LogP contribution in [0.4, 0.5) is 0 Å². The summed E-state index contributed by atoms with van der Waals surface area (Å²) in [6.45, 7) is 2.61. The van der Waals surface area contributed by atoms with E-state index in [1.807, 2.05) is 35.3 Å². The number of furan rings is 1. The highest BCUT2D eigenvalue weighted by atomic mass is 16.4.